The third-order valence-corrected chi connectivity index (χ3v) is 18.1. The molecule has 0 aliphatic heterocycles. The fraction of sp³-hybridized carbons (Fsp3) is 0.947. The molecule has 0 aliphatic carbocycles. The zero-order valence-corrected chi connectivity index (χ0v) is 56.0. The molecule has 0 bridgehead atoms. The summed E-state index contributed by atoms with van der Waals surface area (Å²) in [4.78, 5) is 24.6. The molecule has 488 valence electrons. The zero-order valence-electron chi connectivity index (χ0n) is 56.0. The lowest BCUT2D eigenvalue weighted by molar-refractivity contribution is -0.143. The molecule has 0 aromatic carbocycles. The predicted octanol–water partition coefficient (Wildman–Crippen LogP) is 24.7. The molecule has 82 heavy (non-hydrogen) atoms. The van der Waals surface area contributed by atoms with E-state index in [0.29, 0.717) is 25.9 Å². The molecule has 3 N–H and O–H groups in total. The maximum Gasteiger partial charge on any atom is 0.305 e. The summed E-state index contributed by atoms with van der Waals surface area (Å²) < 4.78 is 5.49. The third kappa shape index (κ3) is 67.7. The molecule has 0 aliphatic rings. The molecule has 2 unspecified atom stereocenters. The van der Waals surface area contributed by atoms with Gasteiger partial charge in [0.15, 0.2) is 0 Å². The summed E-state index contributed by atoms with van der Waals surface area (Å²) in [5.74, 6) is -0.00558. The van der Waals surface area contributed by atoms with E-state index in [1.54, 1.807) is 0 Å². The minimum absolute atomic E-state index is 0.0213. The van der Waals surface area contributed by atoms with Crippen LogP contribution in [0.2, 0.25) is 0 Å². The molecular weight excluding hydrogens is 1010 g/mol. The molecule has 2 atom stereocenters. The Balaban J connectivity index is 3.34. The first-order valence-electron chi connectivity index (χ1n) is 37.9. The Bertz CT molecular complexity index is 1240. The van der Waals surface area contributed by atoms with Gasteiger partial charge in [0.2, 0.25) is 5.91 Å². The summed E-state index contributed by atoms with van der Waals surface area (Å²) in [6, 6.07) is -0.539. The number of hydrogen-bond acceptors (Lipinski definition) is 5. The normalized spacial score (nSPS) is 12.5. The number of carbonyl (C=O) groups excluding carboxylic acids is 2. The Morgan fingerprint density at radius 2 is 0.573 bits per heavy atom. The molecule has 0 radical (unpaired) electrons. The van der Waals surface area contributed by atoms with Crippen molar-refractivity contribution >= 4 is 11.9 Å². The largest absolute Gasteiger partial charge is 0.466 e. The number of carbonyl (C=O) groups is 2. The van der Waals surface area contributed by atoms with Crippen LogP contribution in [0, 0.1) is 0 Å². The lowest BCUT2D eigenvalue weighted by atomic mass is 10.0. The van der Waals surface area contributed by atoms with Gasteiger partial charge in [-0.3, -0.25) is 9.59 Å². The highest BCUT2D eigenvalue weighted by atomic mass is 16.5. The molecular formula is C76H149NO5. The molecule has 0 saturated heterocycles. The highest BCUT2D eigenvalue weighted by Gasteiger charge is 2.20. The standard InChI is InChI=1S/C76H149NO5/c1-3-5-7-9-11-13-15-17-18-19-35-38-41-45-48-52-56-60-64-68-74(79)73(72-78)77-75(80)69-65-61-57-53-49-46-42-39-36-33-31-29-27-25-23-21-20-22-24-26-28-30-32-34-37-40-43-47-51-55-59-63-67-71-82-76(81)70-66-62-58-54-50-44-16-14-12-10-8-6-4-2/h24,26,73-74,78-79H,3-23,25,27-72H2,1-2H3,(H,77,80)/b26-24-. The molecule has 0 heterocycles. The Kier molecular flexibility index (Phi) is 70.8. The fourth-order valence-electron chi connectivity index (χ4n) is 12.3. The van der Waals surface area contributed by atoms with Gasteiger partial charge in [-0.15, -0.1) is 0 Å². The first-order valence-corrected chi connectivity index (χ1v) is 37.9. The quantitative estimate of drug-likeness (QED) is 0.0320. The van der Waals surface area contributed by atoms with Gasteiger partial charge in [-0.1, -0.05) is 386 Å². The molecule has 0 spiro atoms. The third-order valence-electron chi connectivity index (χ3n) is 18.1. The number of ether oxygens (including phenoxy) is 1. The molecule has 6 nitrogen and oxygen atoms in total. The van der Waals surface area contributed by atoms with E-state index in [0.717, 1.165) is 38.5 Å². The van der Waals surface area contributed by atoms with Crippen LogP contribution in [0.25, 0.3) is 0 Å². The van der Waals surface area contributed by atoms with E-state index in [9.17, 15) is 19.8 Å². The van der Waals surface area contributed by atoms with Crippen LogP contribution in [0.4, 0.5) is 0 Å². The Morgan fingerprint density at radius 1 is 0.329 bits per heavy atom. The van der Waals surface area contributed by atoms with E-state index in [-0.39, 0.29) is 18.5 Å². The van der Waals surface area contributed by atoms with Crippen molar-refractivity contribution in [2.75, 3.05) is 13.2 Å². The average molecular weight is 1160 g/mol. The second-order valence-electron chi connectivity index (χ2n) is 26.3. The summed E-state index contributed by atoms with van der Waals surface area (Å²) in [7, 11) is 0. The number of unbranched alkanes of at least 4 members (excludes halogenated alkanes) is 59. The molecule has 0 saturated carbocycles. The van der Waals surface area contributed by atoms with Crippen LogP contribution in [0.15, 0.2) is 12.2 Å². The van der Waals surface area contributed by atoms with E-state index in [1.807, 2.05) is 0 Å². The van der Waals surface area contributed by atoms with Gasteiger partial charge in [0.05, 0.1) is 25.4 Å². The Morgan fingerprint density at radius 3 is 0.866 bits per heavy atom. The lowest BCUT2D eigenvalue weighted by Crippen LogP contribution is -2.45. The van der Waals surface area contributed by atoms with Gasteiger partial charge < -0.3 is 20.3 Å². The van der Waals surface area contributed by atoms with E-state index in [4.69, 9.17) is 4.74 Å². The fourth-order valence-corrected chi connectivity index (χ4v) is 12.3. The first kappa shape index (κ1) is 80.6. The maximum atomic E-state index is 12.5. The van der Waals surface area contributed by atoms with Crippen molar-refractivity contribution in [1.29, 1.82) is 0 Å². The predicted molar refractivity (Wildman–Crippen MR) is 361 cm³/mol. The van der Waals surface area contributed by atoms with Gasteiger partial charge >= 0.3 is 5.97 Å². The van der Waals surface area contributed by atoms with Crippen LogP contribution in [0.5, 0.6) is 0 Å². The highest BCUT2D eigenvalue weighted by Crippen LogP contribution is 2.20. The van der Waals surface area contributed by atoms with E-state index in [1.165, 1.54) is 366 Å². The molecule has 1 amide bonds. The smallest absolute Gasteiger partial charge is 0.305 e. The monoisotopic (exact) mass is 1160 g/mol. The Labute approximate surface area is 514 Å². The summed E-state index contributed by atoms with van der Waals surface area (Å²) in [6.45, 7) is 5.00. The summed E-state index contributed by atoms with van der Waals surface area (Å²) in [5, 5.41) is 23.4. The molecule has 0 rings (SSSR count). The van der Waals surface area contributed by atoms with Gasteiger partial charge in [-0.25, -0.2) is 0 Å². The van der Waals surface area contributed by atoms with Crippen LogP contribution < -0.4 is 5.32 Å². The first-order chi connectivity index (χ1) is 40.5. The van der Waals surface area contributed by atoms with E-state index in [2.05, 4.69) is 31.3 Å². The van der Waals surface area contributed by atoms with Crippen molar-refractivity contribution in [3.8, 4) is 0 Å². The van der Waals surface area contributed by atoms with Crippen LogP contribution in [-0.2, 0) is 14.3 Å². The van der Waals surface area contributed by atoms with Gasteiger partial charge in [0.1, 0.15) is 0 Å². The molecule has 0 aromatic heterocycles. The molecule has 6 heteroatoms. The highest BCUT2D eigenvalue weighted by molar-refractivity contribution is 5.76. The number of esters is 1. The second kappa shape index (κ2) is 72.1. The van der Waals surface area contributed by atoms with E-state index >= 15 is 0 Å². The molecule has 0 fully saturated rings. The maximum absolute atomic E-state index is 12.5. The zero-order chi connectivity index (χ0) is 59.2. The number of amides is 1. The van der Waals surface area contributed by atoms with Crippen molar-refractivity contribution in [1.82, 2.24) is 5.32 Å². The number of allylic oxidation sites excluding steroid dienone is 2. The number of nitrogens with one attached hydrogen (secondary N) is 1. The summed E-state index contributed by atoms with van der Waals surface area (Å²) in [5.41, 5.74) is 0. The number of hydrogen-bond donors (Lipinski definition) is 3. The number of aliphatic hydroxyl groups is 2. The van der Waals surface area contributed by atoms with Gasteiger partial charge in [-0.2, -0.15) is 0 Å². The van der Waals surface area contributed by atoms with Crippen molar-refractivity contribution in [2.45, 2.75) is 450 Å². The van der Waals surface area contributed by atoms with Crippen LogP contribution >= 0.6 is 0 Å². The SMILES string of the molecule is CCCCCCCCCCCCCCCCCCCCCC(O)C(CO)NC(=O)CCCCCCCCCCCCCCCCCCC/C=C\CCCCCCCCCCCCCCOC(=O)CCCCCCCCCCCCCCC. The number of aliphatic hydroxyl groups excluding tert-OH is 2. The van der Waals surface area contributed by atoms with Crippen molar-refractivity contribution in [2.24, 2.45) is 0 Å². The molecule has 0 aromatic rings. The van der Waals surface area contributed by atoms with Crippen LogP contribution in [0.1, 0.15) is 438 Å². The summed E-state index contributed by atoms with van der Waals surface area (Å²) >= 11 is 0. The summed E-state index contributed by atoms with van der Waals surface area (Å²) in [6.07, 6.45) is 90.0. The number of rotatable bonds is 72. The average Bonchev–Trinajstić information content (AvgIpc) is 3.48. The van der Waals surface area contributed by atoms with Gasteiger partial charge in [0.25, 0.3) is 0 Å². The van der Waals surface area contributed by atoms with E-state index < -0.39 is 12.1 Å². The topological polar surface area (TPSA) is 95.9 Å². The Hall–Kier alpha value is -1.40. The van der Waals surface area contributed by atoms with Gasteiger partial charge in [0, 0.05) is 12.8 Å². The van der Waals surface area contributed by atoms with Crippen molar-refractivity contribution in [3.05, 3.63) is 12.2 Å². The lowest BCUT2D eigenvalue weighted by Gasteiger charge is -2.22. The van der Waals surface area contributed by atoms with Crippen molar-refractivity contribution < 1.29 is 24.5 Å². The van der Waals surface area contributed by atoms with Crippen molar-refractivity contribution in [3.63, 3.8) is 0 Å². The second-order valence-corrected chi connectivity index (χ2v) is 26.3. The van der Waals surface area contributed by atoms with Crippen LogP contribution in [-0.4, -0.2) is 47.4 Å². The van der Waals surface area contributed by atoms with Gasteiger partial charge in [-0.05, 0) is 51.4 Å². The van der Waals surface area contributed by atoms with Crippen LogP contribution in [0.3, 0.4) is 0 Å². The minimum Gasteiger partial charge on any atom is -0.466 e. The minimum atomic E-state index is -0.662.